The zero-order valence-corrected chi connectivity index (χ0v) is 15.2. The van der Waals surface area contributed by atoms with Gasteiger partial charge in [0.15, 0.2) is 9.84 Å². The molecule has 3 N–H and O–H groups in total. The van der Waals surface area contributed by atoms with E-state index in [-0.39, 0.29) is 4.90 Å². The molecule has 2 aromatic carbocycles. The second-order valence-corrected chi connectivity index (χ2v) is 9.03. The van der Waals surface area contributed by atoms with Gasteiger partial charge in [-0.3, -0.25) is 4.79 Å². The number of carbonyl (C=O) groups is 1. The van der Waals surface area contributed by atoms with E-state index in [4.69, 9.17) is 5.73 Å². The Bertz CT molecular complexity index is 893. The first-order chi connectivity index (χ1) is 11.2. The highest BCUT2D eigenvalue weighted by atomic mass is 79.9. The van der Waals surface area contributed by atoms with Crippen molar-refractivity contribution >= 4 is 31.7 Å². The van der Waals surface area contributed by atoms with Gasteiger partial charge in [-0.05, 0) is 36.8 Å². The molecule has 126 valence electrons. The quantitative estimate of drug-likeness (QED) is 0.807. The summed E-state index contributed by atoms with van der Waals surface area (Å²) in [7, 11) is -3.86. The number of sulfone groups is 1. The number of nitrogens with two attached hydrogens (primary N) is 1. The number of rotatable bonds is 4. The van der Waals surface area contributed by atoms with E-state index in [9.17, 15) is 18.3 Å². The molecule has 5 nitrogen and oxygen atoms in total. The zero-order chi connectivity index (χ0) is 17.7. The molecule has 24 heavy (non-hydrogen) atoms. The molecule has 0 spiro atoms. The maximum Gasteiger partial charge on any atom is 0.325 e. The van der Waals surface area contributed by atoms with Crippen molar-refractivity contribution in [3.63, 3.8) is 0 Å². The van der Waals surface area contributed by atoms with Gasteiger partial charge in [-0.25, -0.2) is 8.42 Å². The van der Waals surface area contributed by atoms with Crippen LogP contribution in [0.25, 0.3) is 0 Å². The Kier molecular flexibility index (Phi) is 4.06. The normalized spacial score (nSPS) is 26.1. The molecule has 0 unspecified atom stereocenters. The van der Waals surface area contributed by atoms with E-state index < -0.39 is 32.5 Å². The monoisotopic (exact) mass is 409 g/mol. The Labute approximate surface area is 148 Å². The van der Waals surface area contributed by atoms with Gasteiger partial charge >= 0.3 is 5.97 Å². The fourth-order valence-electron chi connectivity index (χ4n) is 3.06. The van der Waals surface area contributed by atoms with Gasteiger partial charge in [0, 0.05) is 10.4 Å². The SMILES string of the molecule is Cc1ccc(S(=O)(=O)[C@H]2[C@@H](c3ccc(Br)cc3)[C@@]2(N)C(=O)O)cc1. The topological polar surface area (TPSA) is 97.5 Å². The summed E-state index contributed by atoms with van der Waals surface area (Å²) in [6, 6.07) is 13.2. The Morgan fingerprint density at radius 2 is 1.67 bits per heavy atom. The van der Waals surface area contributed by atoms with Gasteiger partial charge in [0.05, 0.1) is 4.90 Å². The van der Waals surface area contributed by atoms with Crippen LogP contribution < -0.4 is 5.73 Å². The molecular weight excluding hydrogens is 394 g/mol. The Morgan fingerprint density at radius 1 is 1.12 bits per heavy atom. The van der Waals surface area contributed by atoms with Crippen LogP contribution in [0.3, 0.4) is 0 Å². The first-order valence-corrected chi connectivity index (χ1v) is 9.61. The predicted molar refractivity (Wildman–Crippen MR) is 93.6 cm³/mol. The fraction of sp³-hybridized carbons (Fsp3) is 0.235. The second-order valence-electron chi connectivity index (χ2n) is 6.05. The number of halogens is 1. The number of hydrogen-bond acceptors (Lipinski definition) is 4. The van der Waals surface area contributed by atoms with Crippen LogP contribution in [0, 0.1) is 6.92 Å². The summed E-state index contributed by atoms with van der Waals surface area (Å²) >= 11 is 3.30. The van der Waals surface area contributed by atoms with E-state index in [0.717, 1.165) is 10.0 Å². The number of benzene rings is 2. The standard InChI is InChI=1S/C17H16BrNO4S/c1-10-2-8-13(9-3-10)24(22,23)15-14(17(15,19)16(20)21)11-4-6-12(18)7-5-11/h2-9,14-15H,19H2,1H3,(H,20,21)/t14-,15+,17+/m1/s1. The third-order valence-corrected chi connectivity index (χ3v) is 7.25. The first-order valence-electron chi connectivity index (χ1n) is 7.27. The zero-order valence-electron chi connectivity index (χ0n) is 12.8. The van der Waals surface area contributed by atoms with E-state index in [2.05, 4.69) is 15.9 Å². The molecule has 0 bridgehead atoms. The largest absolute Gasteiger partial charge is 0.480 e. The lowest BCUT2D eigenvalue weighted by Crippen LogP contribution is -2.39. The Morgan fingerprint density at radius 3 is 2.17 bits per heavy atom. The summed E-state index contributed by atoms with van der Waals surface area (Å²) in [5.41, 5.74) is 5.71. The Balaban J connectivity index is 2.06. The molecule has 1 saturated carbocycles. The molecule has 3 atom stereocenters. The highest BCUT2D eigenvalue weighted by Crippen LogP contribution is 2.55. The maximum atomic E-state index is 12.9. The minimum absolute atomic E-state index is 0.0915. The van der Waals surface area contributed by atoms with Crippen LogP contribution in [0.4, 0.5) is 0 Å². The summed E-state index contributed by atoms with van der Waals surface area (Å²) in [6.45, 7) is 1.85. The van der Waals surface area contributed by atoms with Crippen molar-refractivity contribution in [1.29, 1.82) is 0 Å². The molecule has 0 radical (unpaired) electrons. The summed E-state index contributed by atoms with van der Waals surface area (Å²) in [4.78, 5) is 11.8. The van der Waals surface area contributed by atoms with Crippen molar-refractivity contribution in [2.75, 3.05) is 0 Å². The van der Waals surface area contributed by atoms with Crippen LogP contribution in [0.5, 0.6) is 0 Å². The van der Waals surface area contributed by atoms with Crippen LogP contribution >= 0.6 is 15.9 Å². The van der Waals surface area contributed by atoms with Crippen molar-refractivity contribution in [2.24, 2.45) is 5.73 Å². The summed E-state index contributed by atoms with van der Waals surface area (Å²) < 4.78 is 26.7. The third kappa shape index (κ3) is 2.56. The summed E-state index contributed by atoms with van der Waals surface area (Å²) in [5.74, 6) is -2.09. The van der Waals surface area contributed by atoms with Crippen molar-refractivity contribution in [1.82, 2.24) is 0 Å². The average molecular weight is 410 g/mol. The molecule has 0 aliphatic heterocycles. The lowest BCUT2D eigenvalue weighted by atomic mass is 10.1. The number of aryl methyl sites for hydroxylation is 1. The molecule has 2 aromatic rings. The molecule has 1 fully saturated rings. The van der Waals surface area contributed by atoms with Gasteiger partial charge in [-0.2, -0.15) is 0 Å². The van der Waals surface area contributed by atoms with Crippen LogP contribution in [-0.2, 0) is 14.6 Å². The van der Waals surface area contributed by atoms with Crippen LogP contribution in [0.15, 0.2) is 57.9 Å². The number of carboxylic acids is 1. The lowest BCUT2D eigenvalue weighted by molar-refractivity contribution is -0.139. The highest BCUT2D eigenvalue weighted by molar-refractivity contribution is 9.10. The molecule has 1 aliphatic rings. The van der Waals surface area contributed by atoms with E-state index in [1.165, 1.54) is 12.1 Å². The molecule has 7 heteroatoms. The first kappa shape index (κ1) is 17.1. The minimum Gasteiger partial charge on any atom is -0.480 e. The van der Waals surface area contributed by atoms with Gasteiger partial charge in [0.25, 0.3) is 0 Å². The van der Waals surface area contributed by atoms with Crippen LogP contribution in [0.2, 0.25) is 0 Å². The molecule has 3 rings (SSSR count). The summed E-state index contributed by atoms with van der Waals surface area (Å²) in [5, 5.41) is 8.34. The molecule has 0 heterocycles. The van der Waals surface area contributed by atoms with Crippen molar-refractivity contribution in [3.05, 3.63) is 64.1 Å². The van der Waals surface area contributed by atoms with Crippen LogP contribution in [0.1, 0.15) is 17.0 Å². The second kappa shape index (κ2) is 5.68. The molecule has 0 aromatic heterocycles. The van der Waals surface area contributed by atoms with Gasteiger partial charge in [-0.15, -0.1) is 0 Å². The van der Waals surface area contributed by atoms with Gasteiger partial charge in [0.2, 0.25) is 0 Å². The number of aliphatic carboxylic acids is 1. The predicted octanol–water partition coefficient (Wildman–Crippen LogP) is 2.48. The molecular formula is C17H16BrNO4S. The van der Waals surface area contributed by atoms with Crippen molar-refractivity contribution in [2.45, 2.75) is 28.5 Å². The smallest absolute Gasteiger partial charge is 0.325 e. The van der Waals surface area contributed by atoms with E-state index >= 15 is 0 Å². The molecule has 0 amide bonds. The maximum absolute atomic E-state index is 12.9. The third-order valence-electron chi connectivity index (χ3n) is 4.46. The minimum atomic E-state index is -3.86. The number of hydrogen-bond donors (Lipinski definition) is 2. The van der Waals surface area contributed by atoms with E-state index in [0.29, 0.717) is 5.56 Å². The highest BCUT2D eigenvalue weighted by Gasteiger charge is 2.74. The number of carboxylic acid groups (broad SMARTS) is 1. The molecule has 1 aliphatic carbocycles. The van der Waals surface area contributed by atoms with Gasteiger partial charge in [-0.1, -0.05) is 45.8 Å². The Hall–Kier alpha value is -1.70. The van der Waals surface area contributed by atoms with Crippen molar-refractivity contribution < 1.29 is 18.3 Å². The van der Waals surface area contributed by atoms with E-state index in [1.807, 2.05) is 6.92 Å². The lowest BCUT2D eigenvalue weighted by Gasteiger charge is -2.07. The molecule has 0 saturated heterocycles. The van der Waals surface area contributed by atoms with Crippen LogP contribution in [-0.4, -0.2) is 30.3 Å². The summed E-state index contributed by atoms with van der Waals surface area (Å²) in [6.07, 6.45) is 0. The average Bonchev–Trinajstić information content (AvgIpc) is 3.17. The van der Waals surface area contributed by atoms with E-state index in [1.54, 1.807) is 36.4 Å². The van der Waals surface area contributed by atoms with Gasteiger partial charge in [0.1, 0.15) is 10.8 Å². The van der Waals surface area contributed by atoms with Gasteiger partial charge < -0.3 is 10.8 Å². The van der Waals surface area contributed by atoms with Crippen molar-refractivity contribution in [3.8, 4) is 0 Å². The fourth-order valence-corrected chi connectivity index (χ4v) is 5.56.